The summed E-state index contributed by atoms with van der Waals surface area (Å²) in [6.07, 6.45) is 0.765. The summed E-state index contributed by atoms with van der Waals surface area (Å²) in [6.45, 7) is 0.502. The second-order valence-corrected chi connectivity index (χ2v) is 4.93. The minimum atomic E-state index is -1.17. The molecule has 0 saturated carbocycles. The first-order valence-corrected chi connectivity index (χ1v) is 6.63. The Hall–Kier alpha value is -2.28. The number of aromatic hydroxyl groups is 2. The number of benzene rings is 1. The maximum absolute atomic E-state index is 11.9. The second-order valence-electron chi connectivity index (χ2n) is 4.93. The van der Waals surface area contributed by atoms with Gasteiger partial charge in [-0.2, -0.15) is 0 Å². The number of amides is 1. The zero-order valence-corrected chi connectivity index (χ0v) is 11.3. The Morgan fingerprint density at radius 3 is 2.67 bits per heavy atom. The summed E-state index contributed by atoms with van der Waals surface area (Å²) in [5.41, 5.74) is 0.491. The van der Waals surface area contributed by atoms with Crippen LogP contribution in [-0.2, 0) is 20.7 Å². The number of carboxylic acids is 1. The molecular weight excluding hydrogens is 278 g/mol. The Bertz CT molecular complexity index is 538. The zero-order chi connectivity index (χ0) is 15.4. The molecule has 114 valence electrons. The number of carboxylic acid groups (broad SMARTS) is 1. The Balaban J connectivity index is 2.03. The molecule has 2 rings (SSSR count). The zero-order valence-electron chi connectivity index (χ0n) is 11.3. The Labute approximate surface area is 121 Å². The quantitative estimate of drug-likeness (QED) is 0.584. The SMILES string of the molecule is O=C(N[C@@H](Cc1ccc(O)c(O)c1)C(=O)O)C1CCCO1. The number of carbonyl (C=O) groups is 2. The van der Waals surface area contributed by atoms with E-state index in [2.05, 4.69) is 5.32 Å². The highest BCUT2D eigenvalue weighted by Gasteiger charge is 2.28. The van der Waals surface area contributed by atoms with Crippen LogP contribution in [0.3, 0.4) is 0 Å². The second kappa shape index (κ2) is 6.45. The number of hydrogen-bond acceptors (Lipinski definition) is 5. The van der Waals surface area contributed by atoms with Gasteiger partial charge in [0.2, 0.25) is 5.91 Å². The van der Waals surface area contributed by atoms with Crippen molar-refractivity contribution in [3.63, 3.8) is 0 Å². The van der Waals surface area contributed by atoms with Crippen LogP contribution in [0, 0.1) is 0 Å². The first-order valence-electron chi connectivity index (χ1n) is 6.63. The average molecular weight is 295 g/mol. The van der Waals surface area contributed by atoms with E-state index < -0.39 is 24.0 Å². The van der Waals surface area contributed by atoms with Gasteiger partial charge in [-0.25, -0.2) is 4.79 Å². The number of rotatable bonds is 5. The normalized spacial score (nSPS) is 19.1. The fourth-order valence-electron chi connectivity index (χ4n) is 2.18. The van der Waals surface area contributed by atoms with Crippen molar-refractivity contribution < 1.29 is 29.6 Å². The summed E-state index contributed by atoms with van der Waals surface area (Å²) in [4.78, 5) is 23.1. The van der Waals surface area contributed by atoms with Crippen LogP contribution in [-0.4, -0.2) is 45.9 Å². The Kier molecular flexibility index (Phi) is 4.64. The number of aliphatic carboxylic acids is 1. The van der Waals surface area contributed by atoms with Crippen molar-refractivity contribution in [2.75, 3.05) is 6.61 Å². The van der Waals surface area contributed by atoms with Crippen LogP contribution >= 0.6 is 0 Å². The highest BCUT2D eigenvalue weighted by atomic mass is 16.5. The molecule has 1 heterocycles. The fraction of sp³-hybridized carbons (Fsp3) is 0.429. The van der Waals surface area contributed by atoms with E-state index in [9.17, 15) is 24.9 Å². The largest absolute Gasteiger partial charge is 0.504 e. The number of phenolic OH excluding ortho intramolecular Hbond substituents is 2. The van der Waals surface area contributed by atoms with Crippen molar-refractivity contribution >= 4 is 11.9 Å². The standard InChI is InChI=1S/C14H17NO6/c16-10-4-3-8(7-11(10)17)6-9(14(19)20)15-13(18)12-2-1-5-21-12/h3-4,7,9,12,16-17H,1-2,5-6H2,(H,15,18)(H,19,20)/t9-,12?/m0/s1. The van der Waals surface area contributed by atoms with Crippen LogP contribution < -0.4 is 5.32 Å². The third-order valence-electron chi connectivity index (χ3n) is 3.32. The van der Waals surface area contributed by atoms with Gasteiger partial charge in [-0.05, 0) is 30.5 Å². The molecule has 7 nitrogen and oxygen atoms in total. The van der Waals surface area contributed by atoms with Gasteiger partial charge in [0.1, 0.15) is 12.1 Å². The van der Waals surface area contributed by atoms with Gasteiger partial charge in [-0.1, -0.05) is 6.07 Å². The highest BCUT2D eigenvalue weighted by Crippen LogP contribution is 2.25. The van der Waals surface area contributed by atoms with Crippen molar-refractivity contribution in [3.05, 3.63) is 23.8 Å². The molecule has 1 unspecified atom stereocenters. The molecule has 21 heavy (non-hydrogen) atoms. The Morgan fingerprint density at radius 1 is 1.33 bits per heavy atom. The lowest BCUT2D eigenvalue weighted by Gasteiger charge is -2.17. The summed E-state index contributed by atoms with van der Waals surface area (Å²) in [5.74, 6) is -2.23. The smallest absolute Gasteiger partial charge is 0.326 e. The summed E-state index contributed by atoms with van der Waals surface area (Å²) in [7, 11) is 0. The molecule has 0 radical (unpaired) electrons. The first-order chi connectivity index (χ1) is 9.97. The number of nitrogens with one attached hydrogen (secondary N) is 1. The van der Waals surface area contributed by atoms with E-state index >= 15 is 0 Å². The van der Waals surface area contributed by atoms with Crippen LogP contribution in [0.25, 0.3) is 0 Å². The van der Waals surface area contributed by atoms with E-state index in [0.717, 1.165) is 6.42 Å². The van der Waals surface area contributed by atoms with Gasteiger partial charge < -0.3 is 25.4 Å². The summed E-state index contributed by atoms with van der Waals surface area (Å²) in [5, 5.41) is 30.2. The molecular formula is C14H17NO6. The Morgan fingerprint density at radius 2 is 2.10 bits per heavy atom. The molecule has 1 aromatic carbocycles. The average Bonchev–Trinajstić information content (AvgIpc) is 2.96. The molecule has 1 amide bonds. The van der Waals surface area contributed by atoms with E-state index in [1.807, 2.05) is 0 Å². The van der Waals surface area contributed by atoms with Crippen LogP contribution in [0.4, 0.5) is 0 Å². The summed E-state index contributed by atoms with van der Waals surface area (Å²) >= 11 is 0. The molecule has 1 aliphatic rings. The van der Waals surface area contributed by atoms with E-state index in [1.54, 1.807) is 0 Å². The number of carbonyl (C=O) groups excluding carboxylic acids is 1. The van der Waals surface area contributed by atoms with E-state index in [1.165, 1.54) is 18.2 Å². The molecule has 4 N–H and O–H groups in total. The molecule has 1 saturated heterocycles. The molecule has 0 spiro atoms. The minimum absolute atomic E-state index is 0.00162. The van der Waals surface area contributed by atoms with E-state index in [0.29, 0.717) is 18.6 Å². The lowest BCUT2D eigenvalue weighted by Crippen LogP contribution is -2.46. The van der Waals surface area contributed by atoms with Gasteiger partial charge in [-0.15, -0.1) is 0 Å². The third-order valence-corrected chi connectivity index (χ3v) is 3.32. The predicted octanol–water partition coefficient (Wildman–Crippen LogP) is 0.389. The molecule has 0 bridgehead atoms. The lowest BCUT2D eigenvalue weighted by molar-refractivity contribution is -0.143. The topological polar surface area (TPSA) is 116 Å². The maximum atomic E-state index is 11.9. The lowest BCUT2D eigenvalue weighted by atomic mass is 10.0. The van der Waals surface area contributed by atoms with E-state index in [4.69, 9.17) is 4.74 Å². The van der Waals surface area contributed by atoms with Crippen LogP contribution in [0.15, 0.2) is 18.2 Å². The van der Waals surface area contributed by atoms with Crippen molar-refractivity contribution in [1.82, 2.24) is 5.32 Å². The van der Waals surface area contributed by atoms with Gasteiger partial charge in [0.05, 0.1) is 0 Å². The predicted molar refractivity (Wildman–Crippen MR) is 72.0 cm³/mol. The van der Waals surface area contributed by atoms with Crippen molar-refractivity contribution in [2.24, 2.45) is 0 Å². The molecule has 7 heteroatoms. The van der Waals surface area contributed by atoms with E-state index in [-0.39, 0.29) is 17.9 Å². The van der Waals surface area contributed by atoms with Crippen molar-refractivity contribution in [3.8, 4) is 11.5 Å². The fourth-order valence-corrected chi connectivity index (χ4v) is 2.18. The van der Waals surface area contributed by atoms with Crippen LogP contribution in [0.5, 0.6) is 11.5 Å². The number of hydrogen-bond donors (Lipinski definition) is 4. The maximum Gasteiger partial charge on any atom is 0.326 e. The molecule has 1 fully saturated rings. The summed E-state index contributed by atoms with van der Waals surface area (Å²) in [6, 6.07) is 2.91. The van der Waals surface area contributed by atoms with Gasteiger partial charge in [-0.3, -0.25) is 4.79 Å². The highest BCUT2D eigenvalue weighted by molar-refractivity contribution is 5.86. The van der Waals surface area contributed by atoms with Gasteiger partial charge in [0.15, 0.2) is 11.5 Å². The third kappa shape index (κ3) is 3.85. The van der Waals surface area contributed by atoms with Gasteiger partial charge in [0, 0.05) is 13.0 Å². The first kappa shape index (κ1) is 15.1. The molecule has 0 aromatic heterocycles. The molecule has 1 aliphatic heterocycles. The summed E-state index contributed by atoms with van der Waals surface area (Å²) < 4.78 is 5.20. The van der Waals surface area contributed by atoms with Gasteiger partial charge in [0.25, 0.3) is 0 Å². The van der Waals surface area contributed by atoms with Crippen molar-refractivity contribution in [1.29, 1.82) is 0 Å². The number of ether oxygens (including phenoxy) is 1. The molecule has 2 atom stereocenters. The molecule has 1 aromatic rings. The van der Waals surface area contributed by atoms with Crippen molar-refractivity contribution in [2.45, 2.75) is 31.4 Å². The van der Waals surface area contributed by atoms with Gasteiger partial charge >= 0.3 is 5.97 Å². The molecule has 0 aliphatic carbocycles. The van der Waals surface area contributed by atoms with Crippen LogP contribution in [0.2, 0.25) is 0 Å². The number of phenols is 2. The van der Waals surface area contributed by atoms with Crippen LogP contribution in [0.1, 0.15) is 18.4 Å². The monoisotopic (exact) mass is 295 g/mol. The minimum Gasteiger partial charge on any atom is -0.504 e.